The molecular weight excluding hydrogens is 414 g/mol. The summed E-state index contributed by atoms with van der Waals surface area (Å²) in [5.41, 5.74) is 2.52. The fraction of sp³-hybridized carbons (Fsp3) is 0.435. The number of amides is 1. The van der Waals surface area contributed by atoms with E-state index in [1.807, 2.05) is 38.1 Å². The van der Waals surface area contributed by atoms with Crippen LogP contribution in [0.4, 0.5) is 5.69 Å². The molecule has 31 heavy (non-hydrogen) atoms. The number of carbonyl (C=O) groups excluding carboxylic acids is 1. The first-order chi connectivity index (χ1) is 14.9. The van der Waals surface area contributed by atoms with E-state index in [0.29, 0.717) is 18.7 Å². The number of ether oxygens (including phenoxy) is 1. The van der Waals surface area contributed by atoms with Crippen LogP contribution >= 0.6 is 0 Å². The van der Waals surface area contributed by atoms with Gasteiger partial charge in [-0.3, -0.25) is 4.79 Å². The molecule has 1 heterocycles. The van der Waals surface area contributed by atoms with E-state index < -0.39 is 10.0 Å². The first-order valence-corrected chi connectivity index (χ1v) is 12.1. The Bertz CT molecular complexity index is 965. The third-order valence-electron chi connectivity index (χ3n) is 5.58. The molecule has 0 spiro atoms. The molecule has 7 nitrogen and oxygen atoms in total. The fourth-order valence-electron chi connectivity index (χ4n) is 3.62. The summed E-state index contributed by atoms with van der Waals surface area (Å²) in [5, 5.41) is 0. The molecule has 1 amide bonds. The van der Waals surface area contributed by atoms with Gasteiger partial charge in [-0.05, 0) is 55.8 Å². The molecule has 0 aliphatic carbocycles. The molecule has 1 aliphatic rings. The van der Waals surface area contributed by atoms with E-state index in [0.717, 1.165) is 37.6 Å². The number of morpholine rings is 1. The molecule has 0 atom stereocenters. The van der Waals surface area contributed by atoms with Crippen molar-refractivity contribution in [2.75, 3.05) is 51.3 Å². The van der Waals surface area contributed by atoms with Gasteiger partial charge in [-0.15, -0.1) is 0 Å². The van der Waals surface area contributed by atoms with Crippen LogP contribution in [0, 0.1) is 0 Å². The molecule has 2 aromatic rings. The van der Waals surface area contributed by atoms with Gasteiger partial charge >= 0.3 is 0 Å². The van der Waals surface area contributed by atoms with Gasteiger partial charge in [-0.2, -0.15) is 4.31 Å². The normalized spacial score (nSPS) is 14.6. The van der Waals surface area contributed by atoms with Crippen LogP contribution in [0.25, 0.3) is 0 Å². The van der Waals surface area contributed by atoms with E-state index >= 15 is 0 Å². The zero-order valence-corrected chi connectivity index (χ0v) is 19.3. The van der Waals surface area contributed by atoms with E-state index in [2.05, 4.69) is 4.90 Å². The maximum Gasteiger partial charge on any atom is 0.253 e. The average Bonchev–Trinajstić information content (AvgIpc) is 2.81. The maximum absolute atomic E-state index is 13.0. The van der Waals surface area contributed by atoms with Gasteiger partial charge < -0.3 is 14.5 Å². The second-order valence-corrected chi connectivity index (χ2v) is 9.57. The first kappa shape index (κ1) is 23.2. The molecule has 0 unspecified atom stereocenters. The minimum absolute atomic E-state index is 0.0948. The lowest BCUT2D eigenvalue weighted by Crippen LogP contribution is -2.36. The van der Waals surface area contributed by atoms with Crippen LogP contribution in [0.15, 0.2) is 53.4 Å². The Morgan fingerprint density at radius 3 is 2.10 bits per heavy atom. The topological polar surface area (TPSA) is 70.2 Å². The predicted octanol–water partition coefficient (Wildman–Crippen LogP) is 2.83. The molecule has 1 fully saturated rings. The van der Waals surface area contributed by atoms with Crippen molar-refractivity contribution in [2.24, 2.45) is 0 Å². The van der Waals surface area contributed by atoms with Crippen LogP contribution in [-0.2, 0) is 21.3 Å². The third kappa shape index (κ3) is 5.44. The largest absolute Gasteiger partial charge is 0.378 e. The van der Waals surface area contributed by atoms with Crippen molar-refractivity contribution >= 4 is 21.6 Å². The minimum Gasteiger partial charge on any atom is -0.378 e. The molecule has 0 bridgehead atoms. The van der Waals surface area contributed by atoms with E-state index in [4.69, 9.17) is 4.74 Å². The van der Waals surface area contributed by atoms with Crippen molar-refractivity contribution in [3.8, 4) is 0 Å². The molecular formula is C23H31N3O4S. The summed E-state index contributed by atoms with van der Waals surface area (Å²) in [7, 11) is -2.09. The number of nitrogens with zero attached hydrogens (tertiary/aromatic N) is 3. The lowest BCUT2D eigenvalue weighted by Gasteiger charge is -2.29. The summed E-state index contributed by atoms with van der Waals surface area (Å²) in [6.45, 7) is 8.51. The van der Waals surface area contributed by atoms with Crippen LogP contribution in [0.1, 0.15) is 29.8 Å². The Balaban J connectivity index is 1.68. The highest BCUT2D eigenvalue weighted by molar-refractivity contribution is 7.89. The molecule has 0 N–H and O–H groups in total. The lowest BCUT2D eigenvalue weighted by molar-refractivity contribution is 0.0773. The zero-order valence-electron chi connectivity index (χ0n) is 18.5. The maximum atomic E-state index is 13.0. The van der Waals surface area contributed by atoms with Crippen LogP contribution in [-0.4, -0.2) is 70.0 Å². The summed E-state index contributed by atoms with van der Waals surface area (Å²) in [6, 6.07) is 14.1. The SMILES string of the molecule is CCN(CC)C(=O)c1ccc(S(=O)(=O)N(C)Cc2ccc(N3CCOCC3)cc2)cc1. The average molecular weight is 446 g/mol. The zero-order chi connectivity index (χ0) is 22.4. The molecule has 1 saturated heterocycles. The second-order valence-electron chi connectivity index (χ2n) is 7.53. The van der Waals surface area contributed by atoms with E-state index in [1.165, 1.54) is 16.4 Å². The van der Waals surface area contributed by atoms with Crippen molar-refractivity contribution in [1.82, 2.24) is 9.21 Å². The molecule has 0 saturated carbocycles. The summed E-state index contributed by atoms with van der Waals surface area (Å²) in [4.78, 5) is 16.6. The summed E-state index contributed by atoms with van der Waals surface area (Å²) >= 11 is 0. The number of rotatable bonds is 8. The van der Waals surface area contributed by atoms with Crippen LogP contribution in [0.3, 0.4) is 0 Å². The second kappa shape index (κ2) is 10.3. The number of sulfonamides is 1. The first-order valence-electron chi connectivity index (χ1n) is 10.6. The third-order valence-corrected chi connectivity index (χ3v) is 7.40. The van der Waals surface area contributed by atoms with E-state index in [-0.39, 0.29) is 17.3 Å². The molecule has 168 valence electrons. The highest BCUT2D eigenvalue weighted by Gasteiger charge is 2.22. The summed E-state index contributed by atoms with van der Waals surface area (Å²) < 4.78 is 32.7. The van der Waals surface area contributed by atoms with Gasteiger partial charge in [0.15, 0.2) is 0 Å². The molecule has 0 aromatic heterocycles. The van der Waals surface area contributed by atoms with Crippen molar-refractivity contribution in [2.45, 2.75) is 25.3 Å². The molecule has 2 aromatic carbocycles. The van der Waals surface area contributed by atoms with E-state index in [1.54, 1.807) is 24.1 Å². The Hall–Kier alpha value is -2.42. The molecule has 1 aliphatic heterocycles. The molecule has 0 radical (unpaired) electrons. The predicted molar refractivity (Wildman–Crippen MR) is 122 cm³/mol. The summed E-state index contributed by atoms with van der Waals surface area (Å²) in [5.74, 6) is -0.0948. The Morgan fingerprint density at radius 1 is 0.968 bits per heavy atom. The molecule has 3 rings (SSSR count). The van der Waals surface area contributed by atoms with Crippen molar-refractivity contribution in [1.29, 1.82) is 0 Å². The fourth-order valence-corrected chi connectivity index (χ4v) is 4.78. The van der Waals surface area contributed by atoms with Crippen molar-refractivity contribution in [3.05, 3.63) is 59.7 Å². The number of hydrogen-bond donors (Lipinski definition) is 0. The standard InChI is InChI=1S/C23H31N3O4S/c1-4-25(5-2)23(27)20-8-12-22(13-9-20)31(28,29)24(3)18-19-6-10-21(11-7-19)26-14-16-30-17-15-26/h6-13H,4-5,14-18H2,1-3H3. The van der Waals surface area contributed by atoms with Crippen molar-refractivity contribution in [3.63, 3.8) is 0 Å². The van der Waals surface area contributed by atoms with Crippen LogP contribution in [0.5, 0.6) is 0 Å². The number of benzene rings is 2. The van der Waals surface area contributed by atoms with Crippen molar-refractivity contribution < 1.29 is 17.9 Å². The Morgan fingerprint density at radius 2 is 1.55 bits per heavy atom. The quantitative estimate of drug-likeness (QED) is 0.625. The van der Waals surface area contributed by atoms with Gasteiger partial charge in [0, 0.05) is 51.0 Å². The number of anilines is 1. The lowest BCUT2D eigenvalue weighted by atomic mass is 10.2. The van der Waals surface area contributed by atoms with E-state index in [9.17, 15) is 13.2 Å². The Labute approximate surface area is 185 Å². The van der Waals surface area contributed by atoms with Gasteiger partial charge in [0.2, 0.25) is 10.0 Å². The molecule has 8 heteroatoms. The van der Waals surface area contributed by atoms with Gasteiger partial charge in [0.05, 0.1) is 18.1 Å². The number of carbonyl (C=O) groups is 1. The van der Waals surface area contributed by atoms with Gasteiger partial charge in [0.25, 0.3) is 5.91 Å². The summed E-state index contributed by atoms with van der Waals surface area (Å²) in [6.07, 6.45) is 0. The van der Waals surface area contributed by atoms with Gasteiger partial charge in [0.1, 0.15) is 0 Å². The number of hydrogen-bond acceptors (Lipinski definition) is 5. The van der Waals surface area contributed by atoms with Gasteiger partial charge in [-0.1, -0.05) is 12.1 Å². The Kier molecular flexibility index (Phi) is 7.69. The minimum atomic E-state index is -3.66. The van der Waals surface area contributed by atoms with Gasteiger partial charge in [-0.25, -0.2) is 8.42 Å². The van der Waals surface area contributed by atoms with Crippen LogP contribution < -0.4 is 4.90 Å². The highest BCUT2D eigenvalue weighted by Crippen LogP contribution is 2.21. The highest BCUT2D eigenvalue weighted by atomic mass is 32.2. The van der Waals surface area contributed by atoms with Crippen LogP contribution in [0.2, 0.25) is 0 Å². The monoisotopic (exact) mass is 445 g/mol. The smallest absolute Gasteiger partial charge is 0.253 e.